The van der Waals surface area contributed by atoms with Crippen LogP contribution in [0.1, 0.15) is 10.4 Å². The molecule has 144 valence electrons. The van der Waals surface area contributed by atoms with Crippen LogP contribution >= 0.6 is 0 Å². The molecule has 0 aliphatic carbocycles. The van der Waals surface area contributed by atoms with E-state index in [0.717, 1.165) is 12.1 Å². The molecule has 1 saturated heterocycles. The predicted molar refractivity (Wildman–Crippen MR) is 94.0 cm³/mol. The Balaban J connectivity index is 1.71. The minimum Gasteiger partial charge on any atom is -0.497 e. The van der Waals surface area contributed by atoms with E-state index < -0.39 is 27.6 Å². The van der Waals surface area contributed by atoms with Gasteiger partial charge in [0.2, 0.25) is 10.0 Å². The molecular formula is C18H18F2N2O4S. The Bertz CT molecular complexity index is 958. The van der Waals surface area contributed by atoms with Crippen LogP contribution in [-0.2, 0) is 10.0 Å². The monoisotopic (exact) mass is 396 g/mol. The van der Waals surface area contributed by atoms with E-state index in [9.17, 15) is 22.0 Å². The van der Waals surface area contributed by atoms with Gasteiger partial charge >= 0.3 is 0 Å². The molecule has 0 saturated carbocycles. The summed E-state index contributed by atoms with van der Waals surface area (Å²) in [7, 11) is -2.45. The number of rotatable bonds is 4. The smallest absolute Gasteiger partial charge is 0.256 e. The van der Waals surface area contributed by atoms with E-state index >= 15 is 0 Å². The third-order valence-corrected chi connectivity index (χ3v) is 6.26. The Hall–Kier alpha value is -2.52. The Morgan fingerprint density at radius 1 is 1.04 bits per heavy atom. The third-order valence-electron chi connectivity index (χ3n) is 4.37. The molecular weight excluding hydrogens is 378 g/mol. The summed E-state index contributed by atoms with van der Waals surface area (Å²) in [5.41, 5.74) is -0.0998. The van der Waals surface area contributed by atoms with E-state index in [0.29, 0.717) is 5.75 Å². The molecule has 0 radical (unpaired) electrons. The van der Waals surface area contributed by atoms with Crippen molar-refractivity contribution in [1.82, 2.24) is 9.21 Å². The van der Waals surface area contributed by atoms with Crippen molar-refractivity contribution in [2.45, 2.75) is 4.90 Å². The molecule has 0 N–H and O–H groups in total. The molecule has 0 spiro atoms. The first-order chi connectivity index (χ1) is 12.8. The SMILES string of the molecule is COc1ccc(C(=O)N2CCN(S(=O)(=O)c3cccc(F)c3)CC2)c(F)c1. The van der Waals surface area contributed by atoms with Gasteiger partial charge in [-0.05, 0) is 30.3 Å². The van der Waals surface area contributed by atoms with Crippen LogP contribution in [0.3, 0.4) is 0 Å². The van der Waals surface area contributed by atoms with Gasteiger partial charge in [0.1, 0.15) is 17.4 Å². The van der Waals surface area contributed by atoms with E-state index in [2.05, 4.69) is 0 Å². The summed E-state index contributed by atoms with van der Waals surface area (Å²) in [6.45, 7) is 0.308. The van der Waals surface area contributed by atoms with Crippen LogP contribution in [0.15, 0.2) is 47.4 Å². The van der Waals surface area contributed by atoms with Crippen molar-refractivity contribution in [2.24, 2.45) is 0 Å². The first-order valence-corrected chi connectivity index (χ1v) is 9.65. The summed E-state index contributed by atoms with van der Waals surface area (Å²) >= 11 is 0. The van der Waals surface area contributed by atoms with Crippen molar-refractivity contribution in [3.05, 3.63) is 59.7 Å². The van der Waals surface area contributed by atoms with Gasteiger partial charge in [-0.3, -0.25) is 4.79 Å². The molecule has 9 heteroatoms. The van der Waals surface area contributed by atoms with Crippen molar-refractivity contribution in [1.29, 1.82) is 0 Å². The number of carbonyl (C=O) groups excluding carboxylic acids is 1. The highest BCUT2D eigenvalue weighted by molar-refractivity contribution is 7.89. The summed E-state index contributed by atoms with van der Waals surface area (Å²) in [4.78, 5) is 13.8. The number of amides is 1. The van der Waals surface area contributed by atoms with Crippen molar-refractivity contribution in [3.8, 4) is 5.75 Å². The van der Waals surface area contributed by atoms with Crippen LogP contribution in [0.25, 0.3) is 0 Å². The molecule has 0 atom stereocenters. The van der Waals surface area contributed by atoms with Crippen LogP contribution in [-0.4, -0.2) is 56.8 Å². The fourth-order valence-electron chi connectivity index (χ4n) is 2.87. The predicted octanol–water partition coefficient (Wildman–Crippen LogP) is 2.12. The highest BCUT2D eigenvalue weighted by atomic mass is 32.2. The Kier molecular flexibility index (Phi) is 5.43. The van der Waals surface area contributed by atoms with Crippen LogP contribution in [0.2, 0.25) is 0 Å². The van der Waals surface area contributed by atoms with Crippen molar-refractivity contribution < 1.29 is 26.7 Å². The number of halogens is 2. The van der Waals surface area contributed by atoms with Gasteiger partial charge in [0.25, 0.3) is 5.91 Å². The van der Waals surface area contributed by atoms with Gasteiger partial charge < -0.3 is 9.64 Å². The molecule has 2 aromatic carbocycles. The van der Waals surface area contributed by atoms with E-state index in [-0.39, 0.29) is 36.6 Å². The van der Waals surface area contributed by atoms with Crippen LogP contribution in [0, 0.1) is 11.6 Å². The molecule has 6 nitrogen and oxygen atoms in total. The maximum Gasteiger partial charge on any atom is 0.256 e. The van der Waals surface area contributed by atoms with E-state index in [1.165, 1.54) is 46.6 Å². The second-order valence-electron chi connectivity index (χ2n) is 6.00. The Labute approximate surface area is 156 Å². The van der Waals surface area contributed by atoms with Gasteiger partial charge in [0.15, 0.2) is 0 Å². The summed E-state index contributed by atoms with van der Waals surface area (Å²) < 4.78 is 58.7. The Morgan fingerprint density at radius 3 is 2.33 bits per heavy atom. The second-order valence-corrected chi connectivity index (χ2v) is 7.94. The maximum atomic E-state index is 14.1. The number of ether oxygens (including phenoxy) is 1. The van der Waals surface area contributed by atoms with E-state index in [1.54, 1.807) is 0 Å². The van der Waals surface area contributed by atoms with Crippen molar-refractivity contribution >= 4 is 15.9 Å². The number of sulfonamides is 1. The minimum absolute atomic E-state index is 0.0440. The zero-order valence-corrected chi connectivity index (χ0v) is 15.4. The standard InChI is InChI=1S/C18H18F2N2O4S/c1-26-14-5-6-16(17(20)12-14)18(23)21-7-9-22(10-8-21)27(24,25)15-4-2-3-13(19)11-15/h2-6,11-12H,7-10H2,1H3. The molecule has 1 aliphatic heterocycles. The number of carbonyl (C=O) groups is 1. The lowest BCUT2D eigenvalue weighted by Gasteiger charge is -2.34. The zero-order chi connectivity index (χ0) is 19.6. The lowest BCUT2D eigenvalue weighted by molar-refractivity contribution is 0.0693. The molecule has 0 aromatic heterocycles. The van der Waals surface area contributed by atoms with Crippen LogP contribution < -0.4 is 4.74 Å². The molecule has 3 rings (SSSR count). The maximum absolute atomic E-state index is 14.1. The molecule has 1 amide bonds. The fourth-order valence-corrected chi connectivity index (χ4v) is 4.33. The van der Waals surface area contributed by atoms with Gasteiger partial charge in [-0.25, -0.2) is 17.2 Å². The zero-order valence-electron chi connectivity index (χ0n) is 14.6. The lowest BCUT2D eigenvalue weighted by Crippen LogP contribution is -2.50. The summed E-state index contributed by atoms with van der Waals surface area (Å²) in [5.74, 6) is -1.55. The number of benzene rings is 2. The number of piperazine rings is 1. The highest BCUT2D eigenvalue weighted by Gasteiger charge is 2.31. The summed E-state index contributed by atoms with van der Waals surface area (Å²) in [6.07, 6.45) is 0. The number of hydrogen-bond donors (Lipinski definition) is 0. The van der Waals surface area contributed by atoms with Gasteiger partial charge in [-0.15, -0.1) is 0 Å². The average Bonchev–Trinajstić information content (AvgIpc) is 2.67. The van der Waals surface area contributed by atoms with E-state index in [1.807, 2.05) is 0 Å². The fraction of sp³-hybridized carbons (Fsp3) is 0.278. The number of methoxy groups -OCH3 is 1. The molecule has 27 heavy (non-hydrogen) atoms. The number of nitrogens with zero attached hydrogens (tertiary/aromatic N) is 2. The van der Waals surface area contributed by atoms with Gasteiger partial charge in [-0.1, -0.05) is 6.07 Å². The second kappa shape index (κ2) is 7.61. The van der Waals surface area contributed by atoms with Crippen molar-refractivity contribution in [3.63, 3.8) is 0 Å². The van der Waals surface area contributed by atoms with Crippen LogP contribution in [0.5, 0.6) is 5.75 Å². The highest BCUT2D eigenvalue weighted by Crippen LogP contribution is 2.21. The normalized spacial score (nSPS) is 15.6. The molecule has 0 unspecified atom stereocenters. The average molecular weight is 396 g/mol. The molecule has 0 bridgehead atoms. The summed E-state index contributed by atoms with van der Waals surface area (Å²) in [6, 6.07) is 8.72. The first-order valence-electron chi connectivity index (χ1n) is 8.21. The number of hydrogen-bond acceptors (Lipinski definition) is 4. The lowest BCUT2D eigenvalue weighted by atomic mass is 10.1. The third kappa shape index (κ3) is 3.93. The topological polar surface area (TPSA) is 66.9 Å². The quantitative estimate of drug-likeness (QED) is 0.794. The summed E-state index contributed by atoms with van der Waals surface area (Å²) in [5, 5.41) is 0. The van der Waals surface area contributed by atoms with E-state index in [4.69, 9.17) is 4.74 Å². The molecule has 1 fully saturated rings. The minimum atomic E-state index is -3.85. The van der Waals surface area contributed by atoms with Crippen molar-refractivity contribution in [2.75, 3.05) is 33.3 Å². The molecule has 1 heterocycles. The van der Waals surface area contributed by atoms with Gasteiger partial charge in [0.05, 0.1) is 17.6 Å². The molecule has 1 aliphatic rings. The molecule has 2 aromatic rings. The first kappa shape index (κ1) is 19.2. The Morgan fingerprint density at radius 2 is 1.74 bits per heavy atom. The van der Waals surface area contributed by atoms with Gasteiger partial charge in [0, 0.05) is 32.2 Å². The largest absolute Gasteiger partial charge is 0.497 e. The van der Waals surface area contributed by atoms with Gasteiger partial charge in [-0.2, -0.15) is 4.31 Å². The van der Waals surface area contributed by atoms with Crippen LogP contribution in [0.4, 0.5) is 8.78 Å².